The number of aromatic nitrogens is 3. The smallest absolute Gasteiger partial charge is 0.283 e. The second-order valence-electron chi connectivity index (χ2n) is 5.27. The van der Waals surface area contributed by atoms with Crippen molar-refractivity contribution in [2.24, 2.45) is 0 Å². The van der Waals surface area contributed by atoms with Gasteiger partial charge in [0.15, 0.2) is 5.76 Å². The van der Waals surface area contributed by atoms with Crippen LogP contribution in [-0.4, -0.2) is 21.1 Å². The van der Waals surface area contributed by atoms with Crippen molar-refractivity contribution in [3.05, 3.63) is 72.5 Å². The molecule has 26 heavy (non-hydrogen) atoms. The van der Waals surface area contributed by atoms with Crippen molar-refractivity contribution >= 4 is 11.6 Å². The normalized spacial score (nSPS) is 10.7. The van der Waals surface area contributed by atoms with Crippen molar-refractivity contribution in [3.8, 4) is 23.1 Å². The molecule has 0 aliphatic heterocycles. The van der Waals surface area contributed by atoms with Crippen molar-refractivity contribution < 1.29 is 18.0 Å². The molecule has 0 spiro atoms. The van der Waals surface area contributed by atoms with E-state index in [0.29, 0.717) is 17.0 Å². The fraction of sp³-hybridized carbons (Fsp3) is 0. The zero-order valence-electron chi connectivity index (χ0n) is 13.2. The first-order valence-corrected chi connectivity index (χ1v) is 7.60. The van der Waals surface area contributed by atoms with E-state index in [-0.39, 0.29) is 17.3 Å². The molecule has 1 N–H and O–H groups in total. The molecule has 0 saturated heterocycles. The molecule has 3 heterocycles. The van der Waals surface area contributed by atoms with E-state index < -0.39 is 11.9 Å². The van der Waals surface area contributed by atoms with E-state index in [1.807, 2.05) is 0 Å². The molecule has 0 saturated carbocycles. The van der Waals surface area contributed by atoms with Gasteiger partial charge in [0, 0.05) is 17.4 Å². The molecule has 0 aliphatic rings. The third-order valence-corrected chi connectivity index (χ3v) is 3.53. The Labute approximate surface area is 146 Å². The van der Waals surface area contributed by atoms with Crippen molar-refractivity contribution in [2.75, 3.05) is 5.32 Å². The van der Waals surface area contributed by atoms with E-state index >= 15 is 0 Å². The van der Waals surface area contributed by atoms with Gasteiger partial charge in [0.1, 0.15) is 0 Å². The first-order valence-electron chi connectivity index (χ1n) is 7.60. The molecule has 4 aromatic rings. The zero-order chi connectivity index (χ0) is 17.9. The summed E-state index contributed by atoms with van der Waals surface area (Å²) in [5.74, 6) is -0.465. The van der Waals surface area contributed by atoms with Crippen LogP contribution in [0.4, 0.5) is 10.1 Å². The Morgan fingerprint density at radius 3 is 2.73 bits per heavy atom. The van der Waals surface area contributed by atoms with Crippen LogP contribution in [0.3, 0.4) is 0 Å². The van der Waals surface area contributed by atoms with Crippen LogP contribution < -0.4 is 5.32 Å². The number of nitrogens with one attached hydrogen (secondary N) is 1. The fourth-order valence-electron chi connectivity index (χ4n) is 2.32. The van der Waals surface area contributed by atoms with Crippen LogP contribution in [0, 0.1) is 5.95 Å². The summed E-state index contributed by atoms with van der Waals surface area (Å²) in [6, 6.07) is 13.0. The van der Waals surface area contributed by atoms with Crippen LogP contribution in [-0.2, 0) is 0 Å². The lowest BCUT2D eigenvalue weighted by molar-refractivity contribution is 0.102. The molecule has 128 valence electrons. The quantitative estimate of drug-likeness (QED) is 0.563. The number of carbonyl (C=O) groups is 1. The number of nitrogens with zero attached hydrogens (tertiary/aromatic N) is 3. The van der Waals surface area contributed by atoms with Crippen molar-refractivity contribution in [3.63, 3.8) is 0 Å². The Morgan fingerprint density at radius 2 is 1.92 bits per heavy atom. The number of hydrogen-bond donors (Lipinski definition) is 1. The number of amides is 1. The van der Waals surface area contributed by atoms with Crippen molar-refractivity contribution in [2.45, 2.75) is 0 Å². The van der Waals surface area contributed by atoms with E-state index in [1.54, 1.807) is 36.4 Å². The Hall–Kier alpha value is -3.81. The number of benzene rings is 1. The van der Waals surface area contributed by atoms with Gasteiger partial charge < -0.3 is 14.2 Å². The van der Waals surface area contributed by atoms with Gasteiger partial charge in [0.25, 0.3) is 11.8 Å². The lowest BCUT2D eigenvalue weighted by Gasteiger charge is -2.06. The first-order chi connectivity index (χ1) is 12.7. The summed E-state index contributed by atoms with van der Waals surface area (Å²) in [5, 5.41) is 10.5. The van der Waals surface area contributed by atoms with E-state index in [9.17, 15) is 9.18 Å². The molecule has 4 rings (SSSR count). The summed E-state index contributed by atoms with van der Waals surface area (Å²) in [7, 11) is 0. The van der Waals surface area contributed by atoms with Gasteiger partial charge >= 0.3 is 0 Å². The molecule has 3 aromatic heterocycles. The SMILES string of the molecule is O=C(Nc1cccc(-c2nnc(-c3ccco3)o2)c1)c1cccnc1F. The van der Waals surface area contributed by atoms with E-state index in [1.165, 1.54) is 24.6 Å². The van der Waals surface area contributed by atoms with Crippen molar-refractivity contribution in [1.29, 1.82) is 0 Å². The minimum absolute atomic E-state index is 0.143. The number of hydrogen-bond acceptors (Lipinski definition) is 6. The van der Waals surface area contributed by atoms with E-state index in [0.717, 1.165) is 0 Å². The highest BCUT2D eigenvalue weighted by molar-refractivity contribution is 6.04. The van der Waals surface area contributed by atoms with Gasteiger partial charge in [0.2, 0.25) is 11.8 Å². The van der Waals surface area contributed by atoms with Gasteiger partial charge in [-0.05, 0) is 42.5 Å². The Bertz CT molecular complexity index is 1060. The van der Waals surface area contributed by atoms with Gasteiger partial charge in [-0.3, -0.25) is 4.79 Å². The molecule has 0 unspecified atom stereocenters. The van der Waals surface area contributed by atoms with Gasteiger partial charge in [-0.15, -0.1) is 10.2 Å². The lowest BCUT2D eigenvalue weighted by Crippen LogP contribution is -2.14. The van der Waals surface area contributed by atoms with Crippen LogP contribution in [0.25, 0.3) is 23.1 Å². The number of rotatable bonds is 4. The Balaban J connectivity index is 1.57. The highest BCUT2D eigenvalue weighted by Crippen LogP contribution is 2.26. The third-order valence-electron chi connectivity index (χ3n) is 3.53. The zero-order valence-corrected chi connectivity index (χ0v) is 13.2. The molecule has 7 nitrogen and oxygen atoms in total. The van der Waals surface area contributed by atoms with Gasteiger partial charge in [-0.2, -0.15) is 4.39 Å². The Kier molecular flexibility index (Phi) is 3.98. The molecule has 0 radical (unpaired) electrons. The molecule has 8 heteroatoms. The maximum absolute atomic E-state index is 13.6. The standard InChI is InChI=1S/C18H11FN4O3/c19-15-13(6-2-8-20-15)16(24)21-12-5-1-4-11(10-12)17-22-23-18(26-17)14-7-3-9-25-14/h1-10H,(H,21,24). The largest absolute Gasteiger partial charge is 0.459 e. The molecule has 0 fully saturated rings. The summed E-state index contributed by atoms with van der Waals surface area (Å²) in [6.07, 6.45) is 2.78. The highest BCUT2D eigenvalue weighted by atomic mass is 19.1. The first kappa shape index (κ1) is 15.7. The number of furan rings is 1. The third kappa shape index (κ3) is 3.07. The minimum Gasteiger partial charge on any atom is -0.459 e. The summed E-state index contributed by atoms with van der Waals surface area (Å²) in [6.45, 7) is 0. The number of anilines is 1. The maximum Gasteiger partial charge on any atom is 0.283 e. The maximum atomic E-state index is 13.6. The van der Waals surface area contributed by atoms with Crippen LogP contribution >= 0.6 is 0 Å². The number of halogens is 1. The number of carbonyl (C=O) groups excluding carboxylic acids is 1. The summed E-state index contributed by atoms with van der Waals surface area (Å²) in [4.78, 5) is 15.7. The van der Waals surface area contributed by atoms with Gasteiger partial charge in [-0.25, -0.2) is 4.98 Å². The lowest BCUT2D eigenvalue weighted by atomic mass is 10.2. The van der Waals surface area contributed by atoms with Crippen molar-refractivity contribution in [1.82, 2.24) is 15.2 Å². The summed E-state index contributed by atoms with van der Waals surface area (Å²) in [5.41, 5.74) is 0.907. The van der Waals surface area contributed by atoms with E-state index in [4.69, 9.17) is 8.83 Å². The molecular formula is C18H11FN4O3. The fourth-order valence-corrected chi connectivity index (χ4v) is 2.32. The van der Waals surface area contributed by atoms with Crippen LogP contribution in [0.15, 0.2) is 69.8 Å². The van der Waals surface area contributed by atoms with Gasteiger partial charge in [-0.1, -0.05) is 6.07 Å². The molecule has 0 atom stereocenters. The average Bonchev–Trinajstić information content (AvgIpc) is 3.34. The van der Waals surface area contributed by atoms with Crippen LogP contribution in [0.1, 0.15) is 10.4 Å². The molecule has 1 amide bonds. The Morgan fingerprint density at radius 1 is 1.04 bits per heavy atom. The second-order valence-corrected chi connectivity index (χ2v) is 5.27. The molecule has 1 aromatic carbocycles. The molecular weight excluding hydrogens is 339 g/mol. The number of pyridine rings is 1. The predicted octanol–water partition coefficient (Wildman–Crippen LogP) is 3.78. The second kappa shape index (κ2) is 6.60. The monoisotopic (exact) mass is 350 g/mol. The highest BCUT2D eigenvalue weighted by Gasteiger charge is 2.15. The summed E-state index contributed by atoms with van der Waals surface area (Å²) >= 11 is 0. The van der Waals surface area contributed by atoms with Crippen LogP contribution in [0.5, 0.6) is 0 Å². The van der Waals surface area contributed by atoms with Crippen LogP contribution in [0.2, 0.25) is 0 Å². The predicted molar refractivity (Wildman–Crippen MR) is 89.6 cm³/mol. The topological polar surface area (TPSA) is 94.1 Å². The molecule has 0 aliphatic carbocycles. The minimum atomic E-state index is -0.832. The average molecular weight is 350 g/mol. The summed E-state index contributed by atoms with van der Waals surface area (Å²) < 4.78 is 24.4. The van der Waals surface area contributed by atoms with E-state index in [2.05, 4.69) is 20.5 Å². The van der Waals surface area contributed by atoms with Gasteiger partial charge in [0.05, 0.1) is 11.8 Å². The molecule has 0 bridgehead atoms.